The van der Waals surface area contributed by atoms with Gasteiger partial charge in [-0.05, 0) is 12.5 Å². The average molecular weight is 220 g/mol. The van der Waals surface area contributed by atoms with Crippen molar-refractivity contribution >= 4 is 0 Å². The first-order valence-electron chi connectivity index (χ1n) is 5.89. The van der Waals surface area contributed by atoms with Gasteiger partial charge in [0, 0.05) is 32.7 Å². The Kier molecular flexibility index (Phi) is 3.59. The van der Waals surface area contributed by atoms with Gasteiger partial charge in [-0.1, -0.05) is 30.3 Å². The van der Waals surface area contributed by atoms with Crippen LogP contribution in [-0.4, -0.2) is 42.7 Å². The largest absolute Gasteiger partial charge is 0.384 e. The maximum atomic E-state index is 10.5. The standard InChI is InChI=1S/C13H20N2O/c1-13(16,12-5-3-2-4-6-12)11-15-9-7-14-8-10-15/h2-6,14,16H,7-11H2,1H3. The molecule has 0 radical (unpaired) electrons. The minimum absolute atomic E-state index is 0.707. The molecule has 1 heterocycles. The normalized spacial score (nSPS) is 21.6. The van der Waals surface area contributed by atoms with Gasteiger partial charge in [-0.15, -0.1) is 0 Å². The van der Waals surface area contributed by atoms with Crippen LogP contribution in [0.1, 0.15) is 12.5 Å². The van der Waals surface area contributed by atoms with E-state index in [0.29, 0.717) is 6.54 Å². The lowest BCUT2D eigenvalue weighted by Crippen LogP contribution is -2.48. The van der Waals surface area contributed by atoms with Crippen molar-refractivity contribution in [2.45, 2.75) is 12.5 Å². The molecule has 3 heteroatoms. The van der Waals surface area contributed by atoms with Crippen LogP contribution in [0.4, 0.5) is 0 Å². The summed E-state index contributed by atoms with van der Waals surface area (Å²) < 4.78 is 0. The minimum Gasteiger partial charge on any atom is -0.384 e. The number of hydrogen-bond donors (Lipinski definition) is 2. The quantitative estimate of drug-likeness (QED) is 0.791. The Morgan fingerprint density at radius 1 is 1.25 bits per heavy atom. The number of β-amino-alcohol motifs (C(OH)–C–C–N with tert-alkyl or cyclic N) is 1. The summed E-state index contributed by atoms with van der Waals surface area (Å²) in [7, 11) is 0. The van der Waals surface area contributed by atoms with E-state index in [9.17, 15) is 5.11 Å². The lowest BCUT2D eigenvalue weighted by atomic mass is 9.95. The second-order valence-corrected chi connectivity index (χ2v) is 4.67. The number of piperazine rings is 1. The van der Waals surface area contributed by atoms with Crippen LogP contribution in [0.3, 0.4) is 0 Å². The Morgan fingerprint density at radius 3 is 2.50 bits per heavy atom. The van der Waals surface area contributed by atoms with E-state index in [1.165, 1.54) is 0 Å². The number of rotatable bonds is 3. The van der Waals surface area contributed by atoms with Gasteiger partial charge in [-0.3, -0.25) is 4.90 Å². The third kappa shape index (κ3) is 2.82. The Bertz CT molecular complexity index is 318. The van der Waals surface area contributed by atoms with E-state index in [4.69, 9.17) is 0 Å². The molecule has 0 aromatic heterocycles. The van der Waals surface area contributed by atoms with E-state index < -0.39 is 5.60 Å². The lowest BCUT2D eigenvalue weighted by molar-refractivity contribution is 0.0126. The van der Waals surface area contributed by atoms with Crippen LogP contribution in [0.15, 0.2) is 30.3 Å². The van der Waals surface area contributed by atoms with Gasteiger partial charge in [0.05, 0.1) is 5.60 Å². The van der Waals surface area contributed by atoms with Crippen LogP contribution in [0, 0.1) is 0 Å². The number of aliphatic hydroxyl groups is 1. The Labute approximate surface area is 97.1 Å². The van der Waals surface area contributed by atoms with Gasteiger partial charge in [0.25, 0.3) is 0 Å². The number of nitrogens with zero attached hydrogens (tertiary/aromatic N) is 1. The predicted octanol–water partition coefficient (Wildman–Crippen LogP) is 0.799. The molecule has 0 saturated carbocycles. The lowest BCUT2D eigenvalue weighted by Gasteiger charge is -2.34. The van der Waals surface area contributed by atoms with Crippen LogP contribution in [0.5, 0.6) is 0 Å². The Hall–Kier alpha value is -0.900. The molecule has 3 nitrogen and oxygen atoms in total. The Morgan fingerprint density at radius 2 is 1.88 bits per heavy atom. The SMILES string of the molecule is CC(O)(CN1CCNCC1)c1ccccc1. The zero-order valence-corrected chi connectivity index (χ0v) is 9.82. The fourth-order valence-electron chi connectivity index (χ4n) is 2.19. The highest BCUT2D eigenvalue weighted by Gasteiger charge is 2.26. The molecule has 2 rings (SSSR count). The van der Waals surface area contributed by atoms with Crippen LogP contribution in [0.2, 0.25) is 0 Å². The number of benzene rings is 1. The molecule has 1 fully saturated rings. The highest BCUT2D eigenvalue weighted by Crippen LogP contribution is 2.21. The van der Waals surface area contributed by atoms with Crippen LogP contribution >= 0.6 is 0 Å². The summed E-state index contributed by atoms with van der Waals surface area (Å²) in [6.45, 7) is 6.67. The highest BCUT2D eigenvalue weighted by molar-refractivity contribution is 5.21. The van der Waals surface area contributed by atoms with Crippen LogP contribution < -0.4 is 5.32 Å². The molecule has 1 aromatic rings. The molecule has 16 heavy (non-hydrogen) atoms. The average Bonchev–Trinajstić information content (AvgIpc) is 2.31. The summed E-state index contributed by atoms with van der Waals surface area (Å²) in [5, 5.41) is 13.8. The topological polar surface area (TPSA) is 35.5 Å². The molecule has 0 amide bonds. The van der Waals surface area contributed by atoms with Gasteiger partial charge in [0.15, 0.2) is 0 Å². The molecule has 1 aliphatic heterocycles. The highest BCUT2D eigenvalue weighted by atomic mass is 16.3. The van der Waals surface area contributed by atoms with Crippen molar-refractivity contribution in [2.24, 2.45) is 0 Å². The zero-order chi connectivity index (χ0) is 11.4. The fraction of sp³-hybridized carbons (Fsp3) is 0.538. The number of hydrogen-bond acceptors (Lipinski definition) is 3. The monoisotopic (exact) mass is 220 g/mol. The van der Waals surface area contributed by atoms with E-state index in [2.05, 4.69) is 10.2 Å². The summed E-state index contributed by atoms with van der Waals surface area (Å²) in [5.74, 6) is 0. The fourth-order valence-corrected chi connectivity index (χ4v) is 2.19. The van der Waals surface area contributed by atoms with Crippen molar-refractivity contribution in [1.29, 1.82) is 0 Å². The molecule has 1 aromatic carbocycles. The van der Waals surface area contributed by atoms with Gasteiger partial charge in [0.1, 0.15) is 0 Å². The summed E-state index contributed by atoms with van der Waals surface area (Å²) in [5.41, 5.74) is 0.243. The van der Waals surface area contributed by atoms with Gasteiger partial charge in [-0.25, -0.2) is 0 Å². The summed E-state index contributed by atoms with van der Waals surface area (Å²) >= 11 is 0. The molecule has 1 aliphatic rings. The zero-order valence-electron chi connectivity index (χ0n) is 9.82. The molecule has 1 unspecified atom stereocenters. The smallest absolute Gasteiger partial charge is 0.0994 e. The van der Waals surface area contributed by atoms with Crippen molar-refractivity contribution in [3.63, 3.8) is 0 Å². The second kappa shape index (κ2) is 4.95. The third-order valence-corrected chi connectivity index (χ3v) is 3.14. The molecular formula is C13H20N2O. The van der Waals surface area contributed by atoms with E-state index in [1.54, 1.807) is 0 Å². The third-order valence-electron chi connectivity index (χ3n) is 3.14. The minimum atomic E-state index is -0.751. The molecule has 88 valence electrons. The summed E-state index contributed by atoms with van der Waals surface area (Å²) in [6, 6.07) is 9.90. The molecule has 1 atom stereocenters. The van der Waals surface area contributed by atoms with Crippen molar-refractivity contribution in [2.75, 3.05) is 32.7 Å². The van der Waals surface area contributed by atoms with Gasteiger partial charge >= 0.3 is 0 Å². The van der Waals surface area contributed by atoms with E-state index >= 15 is 0 Å². The molecule has 2 N–H and O–H groups in total. The van der Waals surface area contributed by atoms with E-state index in [1.807, 2.05) is 37.3 Å². The summed E-state index contributed by atoms with van der Waals surface area (Å²) in [6.07, 6.45) is 0. The first kappa shape index (κ1) is 11.6. The van der Waals surface area contributed by atoms with Crippen molar-refractivity contribution in [3.05, 3.63) is 35.9 Å². The van der Waals surface area contributed by atoms with Gasteiger partial charge < -0.3 is 10.4 Å². The first-order valence-corrected chi connectivity index (χ1v) is 5.89. The molecule has 1 saturated heterocycles. The van der Waals surface area contributed by atoms with Crippen LogP contribution in [0.25, 0.3) is 0 Å². The Balaban J connectivity index is 2.01. The van der Waals surface area contributed by atoms with Crippen molar-refractivity contribution < 1.29 is 5.11 Å². The first-order chi connectivity index (χ1) is 7.68. The maximum absolute atomic E-state index is 10.5. The molecule has 0 aliphatic carbocycles. The maximum Gasteiger partial charge on any atom is 0.0994 e. The number of nitrogens with one attached hydrogen (secondary N) is 1. The molecule has 0 bridgehead atoms. The van der Waals surface area contributed by atoms with Crippen molar-refractivity contribution in [3.8, 4) is 0 Å². The van der Waals surface area contributed by atoms with E-state index in [0.717, 1.165) is 31.7 Å². The molecular weight excluding hydrogens is 200 g/mol. The summed E-state index contributed by atoms with van der Waals surface area (Å²) in [4.78, 5) is 2.31. The van der Waals surface area contributed by atoms with Crippen molar-refractivity contribution in [1.82, 2.24) is 10.2 Å². The second-order valence-electron chi connectivity index (χ2n) is 4.67. The predicted molar refractivity (Wildman–Crippen MR) is 65.3 cm³/mol. The van der Waals surface area contributed by atoms with E-state index in [-0.39, 0.29) is 0 Å². The van der Waals surface area contributed by atoms with Gasteiger partial charge in [-0.2, -0.15) is 0 Å². The van der Waals surface area contributed by atoms with Gasteiger partial charge in [0.2, 0.25) is 0 Å². The van der Waals surface area contributed by atoms with Crippen LogP contribution in [-0.2, 0) is 5.60 Å². The molecule has 0 spiro atoms.